The molecule has 0 radical (unpaired) electrons. The van der Waals surface area contributed by atoms with Crippen molar-refractivity contribution in [2.24, 2.45) is 0 Å². The number of para-hydroxylation sites is 2. The van der Waals surface area contributed by atoms with E-state index in [-0.39, 0.29) is 12.4 Å². The monoisotopic (exact) mass is 218 g/mol. The molecule has 3 heteroatoms. The smallest absolute Gasteiger partial charge is 0.121 e. The lowest BCUT2D eigenvalue weighted by Crippen LogP contribution is -1.80. The SMILES string of the molecule is OCc1ccccc1O.Oc1ccccc1. The van der Waals surface area contributed by atoms with Crippen molar-refractivity contribution in [2.75, 3.05) is 0 Å². The molecular weight excluding hydrogens is 204 g/mol. The van der Waals surface area contributed by atoms with E-state index in [0.29, 0.717) is 11.3 Å². The summed E-state index contributed by atoms with van der Waals surface area (Å²) in [5.74, 6) is 0.475. The summed E-state index contributed by atoms with van der Waals surface area (Å²) in [6, 6.07) is 15.4. The van der Waals surface area contributed by atoms with Crippen LogP contribution in [0.15, 0.2) is 54.6 Å². The summed E-state index contributed by atoms with van der Waals surface area (Å²) in [4.78, 5) is 0. The number of aliphatic hydroxyl groups excluding tert-OH is 1. The molecule has 2 aromatic rings. The van der Waals surface area contributed by atoms with Gasteiger partial charge in [0.25, 0.3) is 0 Å². The van der Waals surface area contributed by atoms with Gasteiger partial charge in [-0.3, -0.25) is 0 Å². The molecule has 0 spiro atoms. The molecule has 3 nitrogen and oxygen atoms in total. The normalized spacial score (nSPS) is 9.06. The second-order valence-electron chi connectivity index (χ2n) is 3.12. The highest BCUT2D eigenvalue weighted by molar-refractivity contribution is 5.30. The van der Waals surface area contributed by atoms with E-state index >= 15 is 0 Å². The average molecular weight is 218 g/mol. The highest BCUT2D eigenvalue weighted by Gasteiger charge is 1.93. The van der Waals surface area contributed by atoms with Crippen molar-refractivity contribution in [1.29, 1.82) is 0 Å². The van der Waals surface area contributed by atoms with E-state index in [4.69, 9.17) is 15.3 Å². The van der Waals surface area contributed by atoms with Gasteiger partial charge in [0.15, 0.2) is 0 Å². The largest absolute Gasteiger partial charge is 0.508 e. The van der Waals surface area contributed by atoms with Crippen LogP contribution in [0.4, 0.5) is 0 Å². The maximum atomic E-state index is 8.95. The highest BCUT2D eigenvalue weighted by Crippen LogP contribution is 2.14. The average Bonchev–Trinajstić information content (AvgIpc) is 2.31. The Hall–Kier alpha value is -2.00. The quantitative estimate of drug-likeness (QED) is 0.688. The third-order valence-electron chi connectivity index (χ3n) is 1.92. The molecule has 0 aliphatic rings. The number of phenols is 2. The van der Waals surface area contributed by atoms with Crippen LogP contribution in [0.1, 0.15) is 5.56 Å². The molecule has 0 fully saturated rings. The number of aliphatic hydroxyl groups is 1. The lowest BCUT2D eigenvalue weighted by molar-refractivity contribution is 0.275. The summed E-state index contributed by atoms with van der Waals surface area (Å²) in [5.41, 5.74) is 0.567. The number of aromatic hydroxyl groups is 2. The second kappa shape index (κ2) is 6.48. The van der Waals surface area contributed by atoms with Crippen LogP contribution in [0.5, 0.6) is 11.5 Å². The number of benzene rings is 2. The van der Waals surface area contributed by atoms with Gasteiger partial charge in [-0.2, -0.15) is 0 Å². The minimum absolute atomic E-state index is 0.104. The summed E-state index contributed by atoms with van der Waals surface area (Å²) >= 11 is 0. The van der Waals surface area contributed by atoms with Crippen molar-refractivity contribution in [1.82, 2.24) is 0 Å². The number of phenolic OH excluding ortho intramolecular Hbond substituents is 1. The summed E-state index contributed by atoms with van der Waals surface area (Å²) in [7, 11) is 0. The zero-order chi connectivity index (χ0) is 11.8. The lowest BCUT2D eigenvalue weighted by atomic mass is 10.2. The third kappa shape index (κ3) is 4.02. The van der Waals surface area contributed by atoms with Gasteiger partial charge in [0.05, 0.1) is 6.61 Å². The topological polar surface area (TPSA) is 60.7 Å². The van der Waals surface area contributed by atoms with Crippen molar-refractivity contribution in [3.63, 3.8) is 0 Å². The van der Waals surface area contributed by atoms with Crippen molar-refractivity contribution in [3.8, 4) is 11.5 Å². The van der Waals surface area contributed by atoms with E-state index < -0.39 is 0 Å². The molecule has 0 heterocycles. The van der Waals surface area contributed by atoms with Gasteiger partial charge in [0.1, 0.15) is 11.5 Å². The third-order valence-corrected chi connectivity index (χ3v) is 1.92. The van der Waals surface area contributed by atoms with Crippen LogP contribution in [-0.2, 0) is 6.61 Å². The minimum atomic E-state index is -0.104. The summed E-state index contributed by atoms with van der Waals surface area (Å²) in [5, 5.41) is 26.1. The molecular formula is C13H14O3. The van der Waals surface area contributed by atoms with Gasteiger partial charge < -0.3 is 15.3 Å². The summed E-state index contributed by atoms with van der Waals surface area (Å²) < 4.78 is 0. The molecule has 0 aliphatic carbocycles. The van der Waals surface area contributed by atoms with Crippen LogP contribution in [0.2, 0.25) is 0 Å². The molecule has 16 heavy (non-hydrogen) atoms. The first-order valence-corrected chi connectivity index (χ1v) is 4.86. The maximum Gasteiger partial charge on any atom is 0.121 e. The Morgan fingerprint density at radius 2 is 1.31 bits per heavy atom. The van der Waals surface area contributed by atoms with E-state index in [2.05, 4.69) is 0 Å². The molecule has 0 bridgehead atoms. The number of hydrogen-bond acceptors (Lipinski definition) is 3. The fourth-order valence-electron chi connectivity index (χ4n) is 1.07. The predicted octanol–water partition coefficient (Wildman–Crippen LogP) is 2.28. The summed E-state index contributed by atoms with van der Waals surface area (Å²) in [6.07, 6.45) is 0. The fourth-order valence-corrected chi connectivity index (χ4v) is 1.07. The molecule has 2 aromatic carbocycles. The summed E-state index contributed by atoms with van der Waals surface area (Å²) in [6.45, 7) is -0.104. The first-order valence-electron chi connectivity index (χ1n) is 4.86. The molecule has 0 aliphatic heterocycles. The molecule has 0 amide bonds. The second-order valence-corrected chi connectivity index (χ2v) is 3.12. The molecule has 0 aromatic heterocycles. The highest BCUT2D eigenvalue weighted by atomic mass is 16.3. The van der Waals surface area contributed by atoms with E-state index in [1.54, 1.807) is 48.5 Å². The zero-order valence-electron chi connectivity index (χ0n) is 8.74. The Morgan fingerprint density at radius 3 is 1.69 bits per heavy atom. The van der Waals surface area contributed by atoms with Gasteiger partial charge in [-0.15, -0.1) is 0 Å². The molecule has 84 valence electrons. The van der Waals surface area contributed by atoms with E-state index in [1.807, 2.05) is 6.07 Å². The Balaban J connectivity index is 0.000000165. The van der Waals surface area contributed by atoms with Crippen LogP contribution >= 0.6 is 0 Å². The molecule has 0 unspecified atom stereocenters. The number of hydrogen-bond donors (Lipinski definition) is 3. The maximum absolute atomic E-state index is 8.95. The van der Waals surface area contributed by atoms with Crippen LogP contribution < -0.4 is 0 Å². The van der Waals surface area contributed by atoms with Crippen LogP contribution in [0, 0.1) is 0 Å². The predicted molar refractivity (Wildman–Crippen MR) is 62.1 cm³/mol. The standard InChI is InChI=1S/C7H8O2.C6H6O/c8-5-6-3-1-2-4-7(6)9;7-6-4-2-1-3-5-6/h1-4,8-9H,5H2;1-5,7H. The van der Waals surface area contributed by atoms with E-state index in [1.165, 1.54) is 0 Å². The van der Waals surface area contributed by atoms with Crippen LogP contribution in [0.3, 0.4) is 0 Å². The molecule has 3 N–H and O–H groups in total. The van der Waals surface area contributed by atoms with Crippen molar-refractivity contribution < 1.29 is 15.3 Å². The Bertz CT molecular complexity index is 413. The molecule has 0 saturated carbocycles. The van der Waals surface area contributed by atoms with Crippen molar-refractivity contribution >= 4 is 0 Å². The van der Waals surface area contributed by atoms with Gasteiger partial charge in [-0.1, -0.05) is 36.4 Å². The molecule has 2 rings (SSSR count). The Kier molecular flexibility index (Phi) is 4.89. The van der Waals surface area contributed by atoms with Gasteiger partial charge in [0.2, 0.25) is 0 Å². The zero-order valence-corrected chi connectivity index (χ0v) is 8.74. The Labute approximate surface area is 94.2 Å². The minimum Gasteiger partial charge on any atom is -0.508 e. The lowest BCUT2D eigenvalue weighted by Gasteiger charge is -1.96. The van der Waals surface area contributed by atoms with Gasteiger partial charge >= 0.3 is 0 Å². The first kappa shape index (κ1) is 12.1. The number of rotatable bonds is 1. The Morgan fingerprint density at radius 1 is 0.750 bits per heavy atom. The van der Waals surface area contributed by atoms with Gasteiger partial charge in [-0.25, -0.2) is 0 Å². The van der Waals surface area contributed by atoms with Crippen molar-refractivity contribution in [3.05, 3.63) is 60.2 Å². The molecule has 0 saturated heterocycles. The van der Waals surface area contributed by atoms with Gasteiger partial charge in [0, 0.05) is 5.56 Å². The fraction of sp³-hybridized carbons (Fsp3) is 0.0769. The van der Waals surface area contributed by atoms with Gasteiger partial charge in [-0.05, 0) is 18.2 Å². The van der Waals surface area contributed by atoms with Crippen molar-refractivity contribution in [2.45, 2.75) is 6.61 Å². The van der Waals surface area contributed by atoms with Crippen LogP contribution in [0.25, 0.3) is 0 Å². The van der Waals surface area contributed by atoms with Crippen LogP contribution in [-0.4, -0.2) is 15.3 Å². The molecule has 0 atom stereocenters. The van der Waals surface area contributed by atoms with E-state index in [9.17, 15) is 0 Å². The van der Waals surface area contributed by atoms with E-state index in [0.717, 1.165) is 0 Å². The first-order chi connectivity index (χ1) is 7.74.